The molecule has 3 heterocycles. The number of fused-ring (bicyclic) bond motifs is 1. The second-order valence-corrected chi connectivity index (χ2v) is 7.92. The average molecular weight is 348 g/mol. The monoisotopic (exact) mass is 348 g/mol. The van der Waals surface area contributed by atoms with E-state index >= 15 is 0 Å². The normalized spacial score (nSPS) is 15.0. The van der Waals surface area contributed by atoms with Gasteiger partial charge in [0.05, 0.1) is 11.4 Å². The summed E-state index contributed by atoms with van der Waals surface area (Å²) < 4.78 is 5.52. The van der Waals surface area contributed by atoms with Crippen molar-refractivity contribution in [3.63, 3.8) is 0 Å². The van der Waals surface area contributed by atoms with Crippen LogP contribution in [0.15, 0.2) is 47.1 Å². The lowest BCUT2D eigenvalue weighted by Gasteiger charge is -2.28. The summed E-state index contributed by atoms with van der Waals surface area (Å²) >= 11 is 0. The molecule has 0 spiro atoms. The van der Waals surface area contributed by atoms with Gasteiger partial charge in [0.25, 0.3) is 0 Å². The van der Waals surface area contributed by atoms with Gasteiger partial charge in [-0.1, -0.05) is 56.3 Å². The Morgan fingerprint density at radius 3 is 2.73 bits per heavy atom. The number of nitrogens with zero attached hydrogens (tertiary/aromatic N) is 4. The zero-order chi connectivity index (χ0) is 18.1. The Morgan fingerprint density at radius 1 is 1.15 bits per heavy atom. The van der Waals surface area contributed by atoms with Crippen molar-refractivity contribution in [2.24, 2.45) is 0 Å². The smallest absolute Gasteiger partial charge is 0.167 e. The zero-order valence-corrected chi connectivity index (χ0v) is 15.6. The highest BCUT2D eigenvalue weighted by Crippen LogP contribution is 2.24. The van der Waals surface area contributed by atoms with Crippen LogP contribution in [0, 0.1) is 0 Å². The van der Waals surface area contributed by atoms with Gasteiger partial charge in [0.15, 0.2) is 5.76 Å². The van der Waals surface area contributed by atoms with Crippen molar-refractivity contribution >= 4 is 0 Å². The maximum atomic E-state index is 5.52. The Labute approximate surface area is 154 Å². The first-order valence-electron chi connectivity index (χ1n) is 9.08. The Kier molecular flexibility index (Phi) is 4.32. The van der Waals surface area contributed by atoms with Crippen LogP contribution >= 0.6 is 0 Å². The van der Waals surface area contributed by atoms with E-state index in [0.29, 0.717) is 0 Å². The predicted octanol–water partition coefficient (Wildman–Crippen LogP) is 3.99. The molecule has 26 heavy (non-hydrogen) atoms. The van der Waals surface area contributed by atoms with Crippen molar-refractivity contribution in [1.29, 1.82) is 0 Å². The molecule has 0 N–H and O–H groups in total. The molecule has 5 heteroatoms. The van der Waals surface area contributed by atoms with E-state index in [2.05, 4.69) is 35.8 Å². The number of hydrogen-bond donors (Lipinski definition) is 0. The Hall–Kier alpha value is -2.53. The fourth-order valence-corrected chi connectivity index (χ4v) is 3.21. The van der Waals surface area contributed by atoms with E-state index in [1.165, 1.54) is 5.56 Å². The van der Waals surface area contributed by atoms with Crippen molar-refractivity contribution in [1.82, 2.24) is 20.0 Å². The van der Waals surface area contributed by atoms with Gasteiger partial charge < -0.3 is 4.52 Å². The highest BCUT2D eigenvalue weighted by Gasteiger charge is 2.23. The molecule has 0 fully saturated rings. The third-order valence-electron chi connectivity index (χ3n) is 4.70. The van der Waals surface area contributed by atoms with Crippen LogP contribution in [0.5, 0.6) is 0 Å². The molecule has 1 aliphatic heterocycles. The van der Waals surface area contributed by atoms with Gasteiger partial charge in [-0.3, -0.25) is 4.90 Å². The van der Waals surface area contributed by atoms with Crippen molar-refractivity contribution in [3.8, 4) is 11.3 Å². The van der Waals surface area contributed by atoms with Crippen molar-refractivity contribution in [2.45, 2.75) is 45.7 Å². The van der Waals surface area contributed by atoms with Gasteiger partial charge in [-0.05, 0) is 12.0 Å². The summed E-state index contributed by atoms with van der Waals surface area (Å²) in [7, 11) is 0. The highest BCUT2D eigenvalue weighted by molar-refractivity contribution is 5.56. The van der Waals surface area contributed by atoms with Crippen LogP contribution in [-0.2, 0) is 24.9 Å². The number of rotatable bonds is 3. The van der Waals surface area contributed by atoms with E-state index in [4.69, 9.17) is 9.51 Å². The summed E-state index contributed by atoms with van der Waals surface area (Å²) in [6.45, 7) is 9.03. The Balaban J connectivity index is 1.49. The van der Waals surface area contributed by atoms with Crippen molar-refractivity contribution in [2.75, 3.05) is 6.54 Å². The quantitative estimate of drug-likeness (QED) is 0.716. The van der Waals surface area contributed by atoms with Crippen LogP contribution in [0.1, 0.15) is 43.5 Å². The number of benzene rings is 1. The van der Waals surface area contributed by atoms with E-state index in [1.54, 1.807) is 0 Å². The minimum atomic E-state index is -0.0337. The molecule has 0 amide bonds. The van der Waals surface area contributed by atoms with Crippen LogP contribution in [-0.4, -0.2) is 26.6 Å². The SMILES string of the molecule is CC(C)(C)c1ncc2c(n1)CN(Cc1cc(-c3ccccc3)on1)CC2. The second-order valence-electron chi connectivity index (χ2n) is 7.92. The average Bonchev–Trinajstić information content (AvgIpc) is 3.09. The number of hydrogen-bond acceptors (Lipinski definition) is 5. The fraction of sp³-hybridized carbons (Fsp3) is 0.381. The van der Waals surface area contributed by atoms with Crippen LogP contribution < -0.4 is 0 Å². The van der Waals surface area contributed by atoms with Crippen molar-refractivity contribution < 1.29 is 4.52 Å². The molecule has 0 unspecified atom stereocenters. The van der Waals surface area contributed by atoms with E-state index in [-0.39, 0.29) is 5.41 Å². The molecule has 0 saturated heterocycles. The molecule has 0 bridgehead atoms. The van der Waals surface area contributed by atoms with E-state index in [9.17, 15) is 0 Å². The molecule has 0 aliphatic carbocycles. The molecule has 1 aliphatic rings. The molecule has 0 saturated carbocycles. The highest BCUT2D eigenvalue weighted by atomic mass is 16.5. The Bertz CT molecular complexity index is 896. The van der Waals surface area contributed by atoms with Gasteiger partial charge in [-0.25, -0.2) is 9.97 Å². The summed E-state index contributed by atoms with van der Waals surface area (Å²) in [6, 6.07) is 12.1. The third-order valence-corrected chi connectivity index (χ3v) is 4.70. The molecule has 1 aromatic carbocycles. The van der Waals surface area contributed by atoms with Crippen LogP contribution in [0.25, 0.3) is 11.3 Å². The molecule has 2 aromatic heterocycles. The summed E-state index contributed by atoms with van der Waals surface area (Å²) in [6.07, 6.45) is 2.98. The minimum Gasteiger partial charge on any atom is -0.356 e. The maximum Gasteiger partial charge on any atom is 0.167 e. The summed E-state index contributed by atoms with van der Waals surface area (Å²) in [4.78, 5) is 11.8. The molecule has 4 rings (SSSR count). The summed E-state index contributed by atoms with van der Waals surface area (Å²) in [5.41, 5.74) is 4.38. The molecule has 134 valence electrons. The molecule has 5 nitrogen and oxygen atoms in total. The lowest BCUT2D eigenvalue weighted by Crippen LogP contribution is -2.32. The molecule has 0 atom stereocenters. The Morgan fingerprint density at radius 2 is 1.96 bits per heavy atom. The van der Waals surface area contributed by atoms with Gasteiger partial charge >= 0.3 is 0 Å². The first kappa shape index (κ1) is 16.9. The first-order chi connectivity index (χ1) is 12.5. The van der Waals surface area contributed by atoms with Crippen molar-refractivity contribution in [3.05, 3.63) is 65.4 Å². The first-order valence-corrected chi connectivity index (χ1v) is 9.08. The molecule has 3 aromatic rings. The fourth-order valence-electron chi connectivity index (χ4n) is 3.21. The van der Waals surface area contributed by atoms with E-state index in [1.807, 2.05) is 42.6 Å². The maximum absolute atomic E-state index is 5.52. The van der Waals surface area contributed by atoms with E-state index < -0.39 is 0 Å². The topological polar surface area (TPSA) is 55.1 Å². The molecular formula is C21H24N4O. The third kappa shape index (κ3) is 3.53. The standard InChI is InChI=1S/C21H24N4O/c1-21(2,3)20-22-12-16-9-10-25(14-18(16)23-20)13-17-11-19(26-24-17)15-7-5-4-6-8-15/h4-8,11-12H,9-10,13-14H2,1-3H3. The van der Waals surface area contributed by atoms with Gasteiger partial charge in [-0.2, -0.15) is 0 Å². The largest absolute Gasteiger partial charge is 0.356 e. The second kappa shape index (κ2) is 6.65. The van der Waals surface area contributed by atoms with Gasteiger partial charge in [0, 0.05) is 42.9 Å². The minimum absolute atomic E-state index is 0.0337. The summed E-state index contributed by atoms with van der Waals surface area (Å²) in [5.74, 6) is 1.72. The lowest BCUT2D eigenvalue weighted by molar-refractivity contribution is 0.232. The van der Waals surface area contributed by atoms with E-state index in [0.717, 1.165) is 54.6 Å². The van der Waals surface area contributed by atoms with Crippen LogP contribution in [0.2, 0.25) is 0 Å². The van der Waals surface area contributed by atoms with Gasteiger partial charge in [0.2, 0.25) is 0 Å². The van der Waals surface area contributed by atoms with Gasteiger partial charge in [-0.15, -0.1) is 0 Å². The zero-order valence-electron chi connectivity index (χ0n) is 15.6. The molecular weight excluding hydrogens is 324 g/mol. The number of aromatic nitrogens is 3. The van der Waals surface area contributed by atoms with Crippen LogP contribution in [0.4, 0.5) is 0 Å². The predicted molar refractivity (Wildman–Crippen MR) is 100 cm³/mol. The summed E-state index contributed by atoms with van der Waals surface area (Å²) in [5, 5.41) is 4.25. The molecule has 0 radical (unpaired) electrons. The van der Waals surface area contributed by atoms with Gasteiger partial charge in [0.1, 0.15) is 5.82 Å². The lowest BCUT2D eigenvalue weighted by atomic mass is 9.95. The van der Waals surface area contributed by atoms with Crippen LogP contribution in [0.3, 0.4) is 0 Å².